The molecule has 1 aromatic heterocycles. The molecule has 164 valence electrons. The van der Waals surface area contributed by atoms with E-state index in [-0.39, 0.29) is 49.1 Å². The largest absolute Gasteiger partial charge is 0.490 e. The van der Waals surface area contributed by atoms with Crippen molar-refractivity contribution in [3.8, 4) is 5.75 Å². The quantitative estimate of drug-likeness (QED) is 0.720. The van der Waals surface area contributed by atoms with Crippen molar-refractivity contribution in [2.45, 2.75) is 37.5 Å². The Balaban J connectivity index is 1.52. The summed E-state index contributed by atoms with van der Waals surface area (Å²) >= 11 is 1.33. The van der Waals surface area contributed by atoms with Gasteiger partial charge in [-0.3, -0.25) is 14.4 Å². The molecule has 0 spiro atoms. The summed E-state index contributed by atoms with van der Waals surface area (Å²) in [5.41, 5.74) is 2.76. The molecule has 1 saturated heterocycles. The highest BCUT2D eigenvalue weighted by Gasteiger charge is 2.39. The van der Waals surface area contributed by atoms with Crippen molar-refractivity contribution < 1.29 is 28.6 Å². The van der Waals surface area contributed by atoms with E-state index in [0.29, 0.717) is 35.5 Å². The normalized spacial score (nSPS) is 23.0. The molecule has 4 rings (SSSR count). The van der Waals surface area contributed by atoms with Crippen LogP contribution in [0.3, 0.4) is 0 Å². The Morgan fingerprint density at radius 1 is 1.35 bits per heavy atom. The summed E-state index contributed by atoms with van der Waals surface area (Å²) in [5, 5.41) is 4.42. The van der Waals surface area contributed by atoms with Crippen molar-refractivity contribution in [2.75, 3.05) is 26.1 Å². The molecule has 2 amide bonds. The molecule has 2 aromatic rings. The van der Waals surface area contributed by atoms with E-state index in [1.54, 1.807) is 41.0 Å². The molecule has 1 aromatic carbocycles. The van der Waals surface area contributed by atoms with Crippen LogP contribution in [-0.2, 0) is 14.3 Å². The second kappa shape index (κ2) is 9.03. The van der Waals surface area contributed by atoms with E-state index in [4.69, 9.17) is 14.2 Å². The van der Waals surface area contributed by atoms with Gasteiger partial charge in [-0.05, 0) is 31.0 Å². The summed E-state index contributed by atoms with van der Waals surface area (Å²) in [6.45, 7) is 0.248. The van der Waals surface area contributed by atoms with Crippen LogP contribution in [-0.4, -0.2) is 66.7 Å². The van der Waals surface area contributed by atoms with Gasteiger partial charge in [-0.15, -0.1) is 11.3 Å². The highest BCUT2D eigenvalue weighted by atomic mass is 32.1. The average molecular weight is 445 g/mol. The van der Waals surface area contributed by atoms with Gasteiger partial charge in [0.2, 0.25) is 0 Å². The first-order chi connectivity index (χ1) is 15.0. The Hall–Kier alpha value is -2.98. The number of hydrogen-bond donors (Lipinski definition) is 1. The number of fused-ring (bicyclic) bond motifs is 2. The first-order valence-electron chi connectivity index (χ1n) is 9.92. The summed E-state index contributed by atoms with van der Waals surface area (Å²) in [6.07, 6.45) is 0.895. The lowest BCUT2D eigenvalue weighted by molar-refractivity contribution is -0.151. The van der Waals surface area contributed by atoms with Crippen LogP contribution < -0.4 is 10.1 Å². The standard InChI is InChI=1S/C21H23N3O6S/c1-24-16-5-4-13(8-19(25)28-2)30-18(16)9-29-17-6-3-12(7-14(17)21(24)27)23-20(26)15-10-31-11-22-15/h3,6-7,10-11,13,16,18H,4-5,8-9H2,1-2H3,(H,23,26)/t13-,16-,18+/m1/s1. The molecular formula is C21H23N3O6S. The average Bonchev–Trinajstić information content (AvgIpc) is 3.32. The van der Waals surface area contributed by atoms with Crippen LogP contribution in [0.25, 0.3) is 0 Å². The first-order valence-corrected chi connectivity index (χ1v) is 10.9. The predicted molar refractivity (Wildman–Crippen MR) is 112 cm³/mol. The number of hydrogen-bond acceptors (Lipinski definition) is 8. The number of benzene rings is 1. The monoisotopic (exact) mass is 445 g/mol. The number of amides is 2. The molecule has 0 aliphatic carbocycles. The lowest BCUT2D eigenvalue weighted by Gasteiger charge is -2.42. The van der Waals surface area contributed by atoms with E-state index in [0.717, 1.165) is 0 Å². The fourth-order valence-corrected chi connectivity index (χ4v) is 4.43. The molecule has 0 bridgehead atoms. The third-order valence-electron chi connectivity index (χ3n) is 5.56. The van der Waals surface area contributed by atoms with E-state index in [9.17, 15) is 14.4 Å². The van der Waals surface area contributed by atoms with Crippen LogP contribution in [0.2, 0.25) is 0 Å². The van der Waals surface area contributed by atoms with E-state index in [1.165, 1.54) is 18.4 Å². The van der Waals surface area contributed by atoms with Crippen LogP contribution in [0.15, 0.2) is 29.1 Å². The van der Waals surface area contributed by atoms with Crippen LogP contribution >= 0.6 is 11.3 Å². The molecule has 3 atom stereocenters. The maximum atomic E-state index is 13.2. The molecule has 9 nitrogen and oxygen atoms in total. The summed E-state index contributed by atoms with van der Waals surface area (Å²) in [6, 6.07) is 4.77. The lowest BCUT2D eigenvalue weighted by atomic mass is 9.94. The zero-order valence-electron chi connectivity index (χ0n) is 17.2. The van der Waals surface area contributed by atoms with Gasteiger partial charge in [0.25, 0.3) is 11.8 Å². The zero-order valence-corrected chi connectivity index (χ0v) is 18.0. The first kappa shape index (κ1) is 21.3. The lowest BCUT2D eigenvalue weighted by Crippen LogP contribution is -2.53. The van der Waals surface area contributed by atoms with Crippen LogP contribution in [0.4, 0.5) is 5.69 Å². The topological polar surface area (TPSA) is 107 Å². The molecule has 2 aliphatic heterocycles. The molecule has 1 N–H and O–H groups in total. The fourth-order valence-electron chi connectivity index (χ4n) is 3.89. The SMILES string of the molecule is COC(=O)C[C@H]1CC[C@@H]2[C@H](COc3ccc(NC(=O)c4cscn4)cc3C(=O)N2C)O1. The summed E-state index contributed by atoms with van der Waals surface area (Å²) < 4.78 is 16.7. The minimum absolute atomic E-state index is 0.177. The number of rotatable bonds is 4. The van der Waals surface area contributed by atoms with Gasteiger partial charge in [0.1, 0.15) is 24.2 Å². The minimum atomic E-state index is -0.352. The number of carbonyl (C=O) groups excluding carboxylic acids is 3. The van der Waals surface area contributed by atoms with Crippen molar-refractivity contribution in [3.63, 3.8) is 0 Å². The number of carbonyl (C=O) groups is 3. The third-order valence-corrected chi connectivity index (χ3v) is 6.14. The van der Waals surface area contributed by atoms with Gasteiger partial charge < -0.3 is 24.4 Å². The van der Waals surface area contributed by atoms with Crippen LogP contribution in [0, 0.1) is 0 Å². The summed E-state index contributed by atoms with van der Waals surface area (Å²) in [4.78, 5) is 42.7. The van der Waals surface area contributed by atoms with Crippen molar-refractivity contribution in [3.05, 3.63) is 40.3 Å². The highest BCUT2D eigenvalue weighted by Crippen LogP contribution is 2.32. The fraction of sp³-hybridized carbons (Fsp3) is 0.429. The van der Waals surface area contributed by atoms with Gasteiger partial charge in [-0.1, -0.05) is 0 Å². The number of anilines is 1. The van der Waals surface area contributed by atoms with Gasteiger partial charge in [-0.25, -0.2) is 4.98 Å². The Morgan fingerprint density at radius 2 is 2.19 bits per heavy atom. The number of esters is 1. The van der Waals surface area contributed by atoms with Crippen LogP contribution in [0.1, 0.15) is 40.1 Å². The molecular weight excluding hydrogens is 422 g/mol. The van der Waals surface area contributed by atoms with Gasteiger partial charge >= 0.3 is 5.97 Å². The van der Waals surface area contributed by atoms with Crippen molar-refractivity contribution in [1.29, 1.82) is 0 Å². The zero-order chi connectivity index (χ0) is 22.0. The molecule has 10 heteroatoms. The second-order valence-corrected chi connectivity index (χ2v) is 8.21. The van der Waals surface area contributed by atoms with Gasteiger partial charge in [0.05, 0.1) is 36.8 Å². The summed E-state index contributed by atoms with van der Waals surface area (Å²) in [5.74, 6) is -0.464. The van der Waals surface area contributed by atoms with E-state index in [1.807, 2.05) is 0 Å². The number of methoxy groups -OCH3 is 1. The molecule has 3 heterocycles. The maximum absolute atomic E-state index is 13.2. The predicted octanol–water partition coefficient (Wildman–Crippen LogP) is 2.34. The maximum Gasteiger partial charge on any atom is 0.308 e. The van der Waals surface area contributed by atoms with Crippen molar-refractivity contribution >= 4 is 34.8 Å². The number of thiazole rings is 1. The van der Waals surface area contributed by atoms with Gasteiger partial charge in [0.15, 0.2) is 0 Å². The smallest absolute Gasteiger partial charge is 0.308 e. The Bertz CT molecular complexity index is 979. The molecule has 0 radical (unpaired) electrons. The van der Waals surface area contributed by atoms with Crippen molar-refractivity contribution in [2.24, 2.45) is 0 Å². The Morgan fingerprint density at radius 3 is 2.94 bits per heavy atom. The molecule has 0 unspecified atom stereocenters. The van der Waals surface area contributed by atoms with E-state index in [2.05, 4.69) is 10.3 Å². The van der Waals surface area contributed by atoms with Crippen LogP contribution in [0.5, 0.6) is 5.75 Å². The number of ether oxygens (including phenoxy) is 3. The Labute approximate surface area is 183 Å². The van der Waals surface area contributed by atoms with E-state index < -0.39 is 0 Å². The summed E-state index contributed by atoms with van der Waals surface area (Å²) in [7, 11) is 3.09. The molecule has 31 heavy (non-hydrogen) atoms. The van der Waals surface area contributed by atoms with E-state index >= 15 is 0 Å². The molecule has 2 aliphatic rings. The van der Waals surface area contributed by atoms with Gasteiger partial charge in [0, 0.05) is 18.1 Å². The number of nitrogens with zero attached hydrogens (tertiary/aromatic N) is 2. The minimum Gasteiger partial charge on any atom is -0.490 e. The third kappa shape index (κ3) is 4.54. The van der Waals surface area contributed by atoms with Crippen molar-refractivity contribution in [1.82, 2.24) is 9.88 Å². The number of likely N-dealkylation sites (N-methyl/N-ethyl adjacent to an activating group) is 1. The highest BCUT2D eigenvalue weighted by molar-refractivity contribution is 7.07. The number of aromatic nitrogens is 1. The molecule has 1 fully saturated rings. The second-order valence-electron chi connectivity index (χ2n) is 7.49. The number of nitrogens with one attached hydrogen (secondary N) is 1. The Kier molecular flexibility index (Phi) is 6.19. The van der Waals surface area contributed by atoms with Gasteiger partial charge in [-0.2, -0.15) is 0 Å². The molecule has 0 saturated carbocycles.